The highest BCUT2D eigenvalue weighted by Gasteiger charge is 2.62. The molecule has 2 bridgehead atoms. The molecule has 6 aliphatic rings. The molecule has 2 aromatic rings. The first-order valence-electron chi connectivity index (χ1n) is 21.2. The third-order valence-corrected chi connectivity index (χ3v) is 14.9. The van der Waals surface area contributed by atoms with Gasteiger partial charge in [0.1, 0.15) is 35.6 Å². The minimum absolute atomic E-state index is 0.0465. The Balaban J connectivity index is 1.16. The van der Waals surface area contributed by atoms with E-state index in [-0.39, 0.29) is 49.6 Å². The van der Waals surface area contributed by atoms with Gasteiger partial charge in [0.25, 0.3) is 5.91 Å². The highest BCUT2D eigenvalue weighted by atomic mass is 32.2. The number of carboxylic acid groups (broad SMARTS) is 1. The summed E-state index contributed by atoms with van der Waals surface area (Å²) in [6.07, 6.45) is 11.9. The SMILES string of the molecule is C=C[C@@H]1C[C@]1(NC(=O)[C@@H]1C[C@@H]2CN1C(=O)[C@H](C1CCCC1)NC(=O)O[C@@H]1CCC[C@H]1CC/C=C/Cc1c(nc3ccccc3c1OCC(=O)O)O2)C(=O)NS(=O)(=O)C1CC1. The molecule has 0 unspecified atom stereocenters. The Bertz CT molecular complexity index is 2190. The van der Waals surface area contributed by atoms with E-state index in [1.807, 2.05) is 12.2 Å². The molecule has 4 aliphatic carbocycles. The molecule has 0 radical (unpaired) electrons. The number of amides is 4. The van der Waals surface area contributed by atoms with E-state index in [9.17, 15) is 37.5 Å². The quantitative estimate of drug-likeness (QED) is 0.249. The van der Waals surface area contributed by atoms with E-state index in [1.165, 1.54) is 11.0 Å². The van der Waals surface area contributed by atoms with Gasteiger partial charge in [0.05, 0.1) is 22.9 Å². The lowest BCUT2D eigenvalue weighted by atomic mass is 9.96. The van der Waals surface area contributed by atoms with Crippen molar-refractivity contribution in [1.29, 1.82) is 0 Å². The summed E-state index contributed by atoms with van der Waals surface area (Å²) in [4.78, 5) is 74.8. The molecule has 5 fully saturated rings. The maximum Gasteiger partial charge on any atom is 0.408 e. The standard InChI is InChI=1S/C43H53N5O11S/c1-2-27-22-43(27,41(53)47-60(55,56)29-19-20-29)46-38(51)33-21-28-23-48(33)40(52)36(26-12-6-7-13-26)45-42(54)59-34-18-10-14-25(34)11-4-3-5-16-31-37(57-24-35(49)50)30-15-8-9-17-32(30)44-39(31)58-28/h2-3,5,8-9,15,17,25-29,33-34,36H,1,4,6-7,10-14,16,18-24H2,(H,45,54)(H,46,51)(H,47,53)(H,49,50)/b5-3+/t25-,27-,28-,33+,34-,36+,43-/m1/s1. The topological polar surface area (TPSA) is 220 Å². The van der Waals surface area contributed by atoms with Gasteiger partial charge in [0.2, 0.25) is 27.7 Å². The first-order valence-corrected chi connectivity index (χ1v) is 22.8. The van der Waals surface area contributed by atoms with Crippen molar-refractivity contribution >= 4 is 50.7 Å². The maximum absolute atomic E-state index is 14.9. The molecule has 2 aliphatic heterocycles. The molecule has 4 saturated carbocycles. The minimum Gasteiger partial charge on any atom is -0.481 e. The number of alkyl carbamates (subject to hydrolysis) is 1. The van der Waals surface area contributed by atoms with Crippen LogP contribution in [0.4, 0.5) is 4.79 Å². The van der Waals surface area contributed by atoms with Crippen molar-refractivity contribution in [2.45, 2.75) is 125 Å². The number of hydrogen-bond acceptors (Lipinski definition) is 11. The number of aliphatic carboxylic acids is 1. The molecule has 1 aromatic heterocycles. The molecular formula is C43H53N5O11S. The van der Waals surface area contributed by atoms with Gasteiger partial charge >= 0.3 is 12.1 Å². The van der Waals surface area contributed by atoms with Gasteiger partial charge in [-0.2, -0.15) is 0 Å². The fourth-order valence-corrected chi connectivity index (χ4v) is 11.0. The van der Waals surface area contributed by atoms with Crippen LogP contribution in [-0.4, -0.2) is 101 Å². The van der Waals surface area contributed by atoms with Gasteiger partial charge in [-0.1, -0.05) is 43.2 Å². The Hall–Kier alpha value is -5.19. The number of nitrogens with zero attached hydrogens (tertiary/aromatic N) is 2. The minimum atomic E-state index is -3.94. The van der Waals surface area contributed by atoms with E-state index in [0.29, 0.717) is 60.7 Å². The molecule has 17 heteroatoms. The summed E-state index contributed by atoms with van der Waals surface area (Å²) in [5.74, 6) is -3.42. The van der Waals surface area contributed by atoms with Gasteiger partial charge in [-0.3, -0.25) is 19.1 Å². The zero-order valence-electron chi connectivity index (χ0n) is 33.5. The van der Waals surface area contributed by atoms with Gasteiger partial charge in [-0.25, -0.2) is 23.0 Å². The number of fused-ring (bicyclic) bond motifs is 5. The fraction of sp³-hybridized carbons (Fsp3) is 0.581. The first kappa shape index (κ1) is 41.5. The van der Waals surface area contributed by atoms with E-state index in [2.05, 4.69) is 21.9 Å². The maximum atomic E-state index is 14.9. The number of allylic oxidation sites excluding steroid dienone is 2. The summed E-state index contributed by atoms with van der Waals surface area (Å²) in [5, 5.41) is 15.3. The third-order valence-electron chi connectivity index (χ3n) is 13.1. The van der Waals surface area contributed by atoms with Crippen molar-refractivity contribution in [1.82, 2.24) is 25.2 Å². The summed E-state index contributed by atoms with van der Waals surface area (Å²) in [6.45, 7) is 3.09. The van der Waals surface area contributed by atoms with E-state index in [0.717, 1.165) is 32.1 Å². The van der Waals surface area contributed by atoms with Crippen LogP contribution in [0.5, 0.6) is 11.6 Å². The first-order chi connectivity index (χ1) is 28.9. The summed E-state index contributed by atoms with van der Waals surface area (Å²) in [7, 11) is -3.94. The highest BCUT2D eigenvalue weighted by Crippen LogP contribution is 2.46. The number of hydrogen-bond donors (Lipinski definition) is 4. The zero-order chi connectivity index (χ0) is 42.2. The Morgan fingerprint density at radius 2 is 1.78 bits per heavy atom. The monoisotopic (exact) mass is 847 g/mol. The van der Waals surface area contributed by atoms with Crippen LogP contribution < -0.4 is 24.8 Å². The molecule has 4 amide bonds. The second kappa shape index (κ2) is 17.1. The van der Waals surface area contributed by atoms with Gasteiger partial charge in [0.15, 0.2) is 6.61 Å². The van der Waals surface area contributed by atoms with Crippen LogP contribution in [0.15, 0.2) is 49.1 Å². The number of benzene rings is 1. The number of carbonyl (C=O) groups excluding carboxylic acids is 4. The normalized spacial score (nSPS) is 30.4. The van der Waals surface area contributed by atoms with Gasteiger partial charge in [0, 0.05) is 17.7 Å². The lowest BCUT2D eigenvalue weighted by Gasteiger charge is -2.32. The second-order valence-electron chi connectivity index (χ2n) is 17.1. The molecule has 1 aromatic carbocycles. The van der Waals surface area contributed by atoms with Crippen LogP contribution in [0, 0.1) is 17.8 Å². The molecule has 60 heavy (non-hydrogen) atoms. The van der Waals surface area contributed by atoms with Crippen LogP contribution in [0.3, 0.4) is 0 Å². The molecule has 3 heterocycles. The number of nitrogens with one attached hydrogen (secondary N) is 3. The van der Waals surface area contributed by atoms with Crippen LogP contribution in [-0.2, 0) is 40.4 Å². The van der Waals surface area contributed by atoms with Crippen molar-refractivity contribution < 1.29 is 51.7 Å². The number of carboxylic acids is 1. The average Bonchev–Trinajstić information content (AvgIpc) is 4.01. The lowest BCUT2D eigenvalue weighted by Crippen LogP contribution is -2.59. The largest absolute Gasteiger partial charge is 0.481 e. The lowest BCUT2D eigenvalue weighted by molar-refractivity contribution is -0.142. The Morgan fingerprint density at radius 3 is 2.52 bits per heavy atom. The van der Waals surface area contributed by atoms with Crippen molar-refractivity contribution in [3.63, 3.8) is 0 Å². The molecule has 1 saturated heterocycles. The Morgan fingerprint density at radius 1 is 1.02 bits per heavy atom. The number of sulfonamides is 1. The summed E-state index contributed by atoms with van der Waals surface area (Å²) < 4.78 is 46.5. The van der Waals surface area contributed by atoms with E-state index in [4.69, 9.17) is 19.2 Å². The summed E-state index contributed by atoms with van der Waals surface area (Å²) >= 11 is 0. The third kappa shape index (κ3) is 8.68. The average molecular weight is 848 g/mol. The molecule has 16 nitrogen and oxygen atoms in total. The molecule has 0 spiro atoms. The number of para-hydroxylation sites is 1. The predicted molar refractivity (Wildman–Crippen MR) is 217 cm³/mol. The van der Waals surface area contributed by atoms with Crippen molar-refractivity contribution in [2.24, 2.45) is 17.8 Å². The number of ether oxygens (including phenoxy) is 3. The van der Waals surface area contributed by atoms with Gasteiger partial charge < -0.3 is 34.9 Å². The van der Waals surface area contributed by atoms with Crippen LogP contribution in [0.25, 0.3) is 10.9 Å². The van der Waals surface area contributed by atoms with Gasteiger partial charge in [-0.15, -0.1) is 6.58 Å². The van der Waals surface area contributed by atoms with Crippen molar-refractivity contribution in [3.8, 4) is 11.6 Å². The fourth-order valence-electron chi connectivity index (χ4n) is 9.59. The van der Waals surface area contributed by atoms with E-state index >= 15 is 0 Å². The molecule has 7 atom stereocenters. The van der Waals surface area contributed by atoms with Crippen LogP contribution >= 0.6 is 0 Å². The number of pyridine rings is 1. The Kier molecular flexibility index (Phi) is 11.8. The van der Waals surface area contributed by atoms with E-state index in [1.54, 1.807) is 24.3 Å². The second-order valence-corrected chi connectivity index (χ2v) is 19.1. The van der Waals surface area contributed by atoms with Crippen LogP contribution in [0.2, 0.25) is 0 Å². The highest BCUT2D eigenvalue weighted by molar-refractivity contribution is 7.91. The molecule has 4 N–H and O–H groups in total. The Labute approximate surface area is 348 Å². The molecular weight excluding hydrogens is 795 g/mol. The van der Waals surface area contributed by atoms with Gasteiger partial charge in [-0.05, 0) is 94.6 Å². The van der Waals surface area contributed by atoms with E-state index < -0.39 is 81.3 Å². The molecule has 322 valence electrons. The zero-order valence-corrected chi connectivity index (χ0v) is 34.3. The number of aromatic nitrogens is 1. The smallest absolute Gasteiger partial charge is 0.408 e. The predicted octanol–water partition coefficient (Wildman–Crippen LogP) is 4.06. The summed E-state index contributed by atoms with van der Waals surface area (Å²) in [6, 6.07) is 4.92. The number of rotatable bonds is 10. The van der Waals surface area contributed by atoms with Crippen molar-refractivity contribution in [2.75, 3.05) is 13.2 Å². The van der Waals surface area contributed by atoms with Crippen molar-refractivity contribution in [3.05, 3.63) is 54.6 Å². The molecule has 8 rings (SSSR count). The van der Waals surface area contributed by atoms with Crippen LogP contribution in [0.1, 0.15) is 89.0 Å². The summed E-state index contributed by atoms with van der Waals surface area (Å²) in [5.41, 5.74) is -0.616. The number of carbonyl (C=O) groups is 5.